The molecule has 1 aromatic heterocycles. The predicted molar refractivity (Wildman–Crippen MR) is 67.4 cm³/mol. The lowest BCUT2D eigenvalue weighted by atomic mass is 10.1. The highest BCUT2D eigenvalue weighted by Gasteiger charge is 2.02. The number of aromatic nitrogens is 1. The quantitative estimate of drug-likeness (QED) is 0.857. The predicted octanol–water partition coefficient (Wildman–Crippen LogP) is 2.70. The van der Waals surface area contributed by atoms with Crippen molar-refractivity contribution in [2.24, 2.45) is 0 Å². The molecule has 0 amide bonds. The summed E-state index contributed by atoms with van der Waals surface area (Å²) in [5, 5.41) is 3.11. The molecule has 2 aromatic rings. The minimum absolute atomic E-state index is 0.173. The number of hydrogen-bond donors (Lipinski definition) is 1. The summed E-state index contributed by atoms with van der Waals surface area (Å²) in [6, 6.07) is 7.00. The second-order valence-electron chi connectivity index (χ2n) is 4.29. The van der Waals surface area contributed by atoms with E-state index in [0.29, 0.717) is 6.54 Å². The van der Waals surface area contributed by atoms with E-state index in [2.05, 4.69) is 22.1 Å². The van der Waals surface area contributed by atoms with Crippen LogP contribution < -0.4 is 5.32 Å². The highest BCUT2D eigenvalue weighted by molar-refractivity contribution is 5.27. The summed E-state index contributed by atoms with van der Waals surface area (Å²) in [5.74, 6) is -0.173. The van der Waals surface area contributed by atoms with Crippen LogP contribution in [0.4, 0.5) is 4.39 Å². The summed E-state index contributed by atoms with van der Waals surface area (Å²) in [4.78, 5) is 0. The van der Waals surface area contributed by atoms with E-state index in [1.54, 1.807) is 6.07 Å². The average molecular weight is 232 g/mol. The molecule has 0 aliphatic rings. The third-order valence-corrected chi connectivity index (χ3v) is 2.86. The Morgan fingerprint density at radius 3 is 2.88 bits per heavy atom. The Kier molecular flexibility index (Phi) is 3.59. The SMILES string of the molecule is CNCc1ccn(Cc2cc(F)ccc2C)c1. The van der Waals surface area contributed by atoms with Gasteiger partial charge in [-0.25, -0.2) is 4.39 Å². The molecule has 0 bridgehead atoms. The largest absolute Gasteiger partial charge is 0.350 e. The van der Waals surface area contributed by atoms with Gasteiger partial charge in [0.1, 0.15) is 5.82 Å². The van der Waals surface area contributed by atoms with Gasteiger partial charge in [-0.2, -0.15) is 0 Å². The van der Waals surface area contributed by atoms with Crippen molar-refractivity contribution in [3.63, 3.8) is 0 Å². The molecule has 0 saturated carbocycles. The number of benzene rings is 1. The molecule has 0 radical (unpaired) electrons. The number of halogens is 1. The molecule has 17 heavy (non-hydrogen) atoms. The maximum Gasteiger partial charge on any atom is 0.123 e. The van der Waals surface area contributed by atoms with Crippen LogP contribution in [0.15, 0.2) is 36.7 Å². The van der Waals surface area contributed by atoms with Gasteiger partial charge >= 0.3 is 0 Å². The zero-order chi connectivity index (χ0) is 12.3. The van der Waals surface area contributed by atoms with E-state index in [0.717, 1.165) is 17.7 Å². The average Bonchev–Trinajstić information content (AvgIpc) is 2.72. The van der Waals surface area contributed by atoms with E-state index in [9.17, 15) is 4.39 Å². The Balaban J connectivity index is 2.16. The highest BCUT2D eigenvalue weighted by Crippen LogP contribution is 2.13. The summed E-state index contributed by atoms with van der Waals surface area (Å²) in [6.07, 6.45) is 4.11. The van der Waals surface area contributed by atoms with Crippen LogP contribution in [-0.2, 0) is 13.1 Å². The first-order valence-electron chi connectivity index (χ1n) is 5.73. The van der Waals surface area contributed by atoms with Gasteiger partial charge in [-0.15, -0.1) is 0 Å². The number of nitrogens with zero attached hydrogens (tertiary/aromatic N) is 1. The van der Waals surface area contributed by atoms with Gasteiger partial charge < -0.3 is 9.88 Å². The Morgan fingerprint density at radius 1 is 1.29 bits per heavy atom. The Labute approximate surface area is 101 Å². The maximum absolute atomic E-state index is 13.2. The smallest absolute Gasteiger partial charge is 0.123 e. The monoisotopic (exact) mass is 232 g/mol. The van der Waals surface area contributed by atoms with Crippen molar-refractivity contribution in [1.82, 2.24) is 9.88 Å². The Morgan fingerprint density at radius 2 is 2.12 bits per heavy atom. The zero-order valence-corrected chi connectivity index (χ0v) is 10.2. The van der Waals surface area contributed by atoms with E-state index < -0.39 is 0 Å². The molecule has 0 aliphatic heterocycles. The second kappa shape index (κ2) is 5.15. The first kappa shape index (κ1) is 11.9. The topological polar surface area (TPSA) is 17.0 Å². The molecule has 0 unspecified atom stereocenters. The molecule has 3 heteroatoms. The standard InChI is InChI=1S/C14H17FN2/c1-11-3-4-14(15)7-13(11)10-17-6-5-12(9-17)8-16-2/h3-7,9,16H,8,10H2,1-2H3. The van der Waals surface area contributed by atoms with Crippen molar-refractivity contribution in [3.8, 4) is 0 Å². The lowest BCUT2D eigenvalue weighted by molar-refractivity contribution is 0.622. The number of hydrogen-bond acceptors (Lipinski definition) is 1. The summed E-state index contributed by atoms with van der Waals surface area (Å²) in [5.41, 5.74) is 3.38. The van der Waals surface area contributed by atoms with Crippen LogP contribution in [0.3, 0.4) is 0 Å². The molecule has 0 fully saturated rings. The lowest BCUT2D eigenvalue weighted by Gasteiger charge is -2.07. The van der Waals surface area contributed by atoms with Gasteiger partial charge in [0.25, 0.3) is 0 Å². The van der Waals surface area contributed by atoms with Crippen LogP contribution in [0.2, 0.25) is 0 Å². The van der Waals surface area contributed by atoms with E-state index in [1.165, 1.54) is 11.6 Å². The van der Waals surface area contributed by atoms with Crippen LogP contribution >= 0.6 is 0 Å². The number of aryl methyl sites for hydroxylation is 1. The van der Waals surface area contributed by atoms with Gasteiger partial charge in [-0.1, -0.05) is 6.07 Å². The first-order chi connectivity index (χ1) is 8.19. The zero-order valence-electron chi connectivity index (χ0n) is 10.2. The fourth-order valence-corrected chi connectivity index (χ4v) is 1.90. The molecule has 0 spiro atoms. The van der Waals surface area contributed by atoms with Gasteiger partial charge in [0.15, 0.2) is 0 Å². The summed E-state index contributed by atoms with van der Waals surface area (Å²) in [6.45, 7) is 3.58. The molecule has 2 rings (SSSR count). The van der Waals surface area contributed by atoms with Gasteiger partial charge in [0, 0.05) is 25.5 Å². The van der Waals surface area contributed by atoms with Crippen molar-refractivity contribution < 1.29 is 4.39 Å². The van der Waals surface area contributed by atoms with Crippen LogP contribution in [0, 0.1) is 12.7 Å². The maximum atomic E-state index is 13.2. The van der Waals surface area contributed by atoms with Crippen molar-refractivity contribution >= 4 is 0 Å². The third kappa shape index (κ3) is 2.94. The van der Waals surface area contributed by atoms with Crippen molar-refractivity contribution in [2.45, 2.75) is 20.0 Å². The van der Waals surface area contributed by atoms with Crippen LogP contribution in [0.25, 0.3) is 0 Å². The molecule has 0 aliphatic carbocycles. The molecule has 90 valence electrons. The summed E-state index contributed by atoms with van der Waals surface area (Å²) >= 11 is 0. The first-order valence-corrected chi connectivity index (χ1v) is 5.73. The molecular weight excluding hydrogens is 215 g/mol. The molecule has 1 aromatic carbocycles. The minimum atomic E-state index is -0.173. The van der Waals surface area contributed by atoms with Crippen LogP contribution in [-0.4, -0.2) is 11.6 Å². The summed E-state index contributed by atoms with van der Waals surface area (Å²) in [7, 11) is 1.92. The van der Waals surface area contributed by atoms with Crippen molar-refractivity contribution in [3.05, 3.63) is 59.2 Å². The van der Waals surface area contributed by atoms with Gasteiger partial charge in [-0.05, 0) is 48.9 Å². The number of rotatable bonds is 4. The highest BCUT2D eigenvalue weighted by atomic mass is 19.1. The second-order valence-corrected chi connectivity index (χ2v) is 4.29. The molecule has 2 nitrogen and oxygen atoms in total. The molecular formula is C14H17FN2. The van der Waals surface area contributed by atoms with E-state index in [1.807, 2.05) is 26.2 Å². The minimum Gasteiger partial charge on any atom is -0.350 e. The third-order valence-electron chi connectivity index (χ3n) is 2.86. The van der Waals surface area contributed by atoms with E-state index in [4.69, 9.17) is 0 Å². The van der Waals surface area contributed by atoms with E-state index >= 15 is 0 Å². The fourth-order valence-electron chi connectivity index (χ4n) is 1.90. The molecule has 1 heterocycles. The van der Waals surface area contributed by atoms with Crippen molar-refractivity contribution in [1.29, 1.82) is 0 Å². The molecule has 1 N–H and O–H groups in total. The molecule has 0 saturated heterocycles. The Hall–Kier alpha value is -1.61. The van der Waals surface area contributed by atoms with E-state index in [-0.39, 0.29) is 5.82 Å². The van der Waals surface area contributed by atoms with Crippen LogP contribution in [0.5, 0.6) is 0 Å². The van der Waals surface area contributed by atoms with Crippen LogP contribution in [0.1, 0.15) is 16.7 Å². The Bertz CT molecular complexity index is 503. The van der Waals surface area contributed by atoms with Crippen molar-refractivity contribution in [2.75, 3.05) is 7.05 Å². The van der Waals surface area contributed by atoms with Gasteiger partial charge in [0.05, 0.1) is 0 Å². The summed E-state index contributed by atoms with van der Waals surface area (Å²) < 4.78 is 15.2. The lowest BCUT2D eigenvalue weighted by Crippen LogP contribution is -2.04. The normalized spacial score (nSPS) is 10.8. The van der Waals surface area contributed by atoms with Gasteiger partial charge in [-0.3, -0.25) is 0 Å². The fraction of sp³-hybridized carbons (Fsp3) is 0.286. The van der Waals surface area contributed by atoms with Gasteiger partial charge in [0.2, 0.25) is 0 Å². The number of nitrogens with one attached hydrogen (secondary N) is 1. The molecule has 0 atom stereocenters.